The van der Waals surface area contributed by atoms with Gasteiger partial charge in [0.05, 0.1) is 7.11 Å². The van der Waals surface area contributed by atoms with Gasteiger partial charge < -0.3 is 10.1 Å². The van der Waals surface area contributed by atoms with Crippen LogP contribution in [0.4, 0.5) is 8.78 Å². The van der Waals surface area contributed by atoms with E-state index in [9.17, 15) is 13.6 Å². The van der Waals surface area contributed by atoms with Gasteiger partial charge in [-0.05, 0) is 31.2 Å². The molecule has 0 aliphatic carbocycles. The van der Waals surface area contributed by atoms with Crippen molar-refractivity contribution in [1.82, 2.24) is 5.32 Å². The molecule has 0 spiro atoms. The minimum atomic E-state index is -1.11. The van der Waals surface area contributed by atoms with Gasteiger partial charge in [-0.15, -0.1) is 12.4 Å². The maximum atomic E-state index is 13.8. The Morgan fingerprint density at radius 3 is 2.72 bits per heavy atom. The third-order valence-electron chi connectivity index (χ3n) is 3.18. The van der Waals surface area contributed by atoms with Crippen molar-refractivity contribution < 1.29 is 18.3 Å². The second-order valence-corrected chi connectivity index (χ2v) is 4.12. The zero-order valence-electron chi connectivity index (χ0n) is 9.83. The van der Waals surface area contributed by atoms with Gasteiger partial charge in [0, 0.05) is 12.1 Å². The predicted molar refractivity (Wildman–Crippen MR) is 64.8 cm³/mol. The maximum absolute atomic E-state index is 13.8. The van der Waals surface area contributed by atoms with Crippen LogP contribution in [0.2, 0.25) is 0 Å². The van der Waals surface area contributed by atoms with Crippen molar-refractivity contribution in [3.8, 4) is 0 Å². The zero-order valence-corrected chi connectivity index (χ0v) is 10.7. The highest BCUT2D eigenvalue weighted by molar-refractivity contribution is 5.85. The number of hydrogen-bond acceptors (Lipinski definition) is 3. The number of methoxy groups -OCH3 is 1. The van der Waals surface area contributed by atoms with E-state index in [-0.39, 0.29) is 24.5 Å². The molecule has 2 rings (SSSR count). The van der Waals surface area contributed by atoms with Crippen LogP contribution in [0.25, 0.3) is 0 Å². The Balaban J connectivity index is 0.00000162. The van der Waals surface area contributed by atoms with Crippen molar-refractivity contribution in [3.63, 3.8) is 0 Å². The molecular weight excluding hydrogens is 264 g/mol. The minimum Gasteiger partial charge on any atom is -0.468 e. The molecule has 3 nitrogen and oxygen atoms in total. The van der Waals surface area contributed by atoms with E-state index < -0.39 is 23.0 Å². The monoisotopic (exact) mass is 277 g/mol. The number of nitrogens with one attached hydrogen (secondary N) is 1. The first-order chi connectivity index (χ1) is 8.10. The summed E-state index contributed by atoms with van der Waals surface area (Å²) >= 11 is 0. The molecule has 0 aromatic heterocycles. The summed E-state index contributed by atoms with van der Waals surface area (Å²) in [5, 5.41) is 2.98. The van der Waals surface area contributed by atoms with E-state index >= 15 is 0 Å². The van der Waals surface area contributed by atoms with Crippen LogP contribution in [0.5, 0.6) is 0 Å². The van der Waals surface area contributed by atoms with E-state index in [1.165, 1.54) is 7.11 Å². The second kappa shape index (κ2) is 5.63. The number of benzene rings is 1. The highest BCUT2D eigenvalue weighted by Gasteiger charge is 2.45. The molecule has 1 unspecified atom stereocenters. The lowest BCUT2D eigenvalue weighted by Crippen LogP contribution is -2.40. The Kier molecular flexibility index (Phi) is 4.65. The first-order valence-corrected chi connectivity index (χ1v) is 5.35. The summed E-state index contributed by atoms with van der Waals surface area (Å²) in [7, 11) is 1.25. The Bertz CT molecular complexity index is 448. The molecule has 6 heteroatoms. The SMILES string of the molecule is COC(=O)C1(c2cc(F)ccc2F)CCNC1.Cl. The number of carbonyl (C=O) groups is 1. The van der Waals surface area contributed by atoms with Gasteiger partial charge in [-0.25, -0.2) is 8.78 Å². The van der Waals surface area contributed by atoms with Gasteiger partial charge in [0.2, 0.25) is 0 Å². The standard InChI is InChI=1S/C12H13F2NO2.ClH/c1-17-11(16)12(4-5-15-7-12)9-6-8(13)2-3-10(9)14;/h2-3,6,15H,4-5,7H2,1H3;1H. The first-order valence-electron chi connectivity index (χ1n) is 5.35. The van der Waals surface area contributed by atoms with Crippen molar-refractivity contribution in [1.29, 1.82) is 0 Å². The van der Waals surface area contributed by atoms with Crippen LogP contribution in [0.15, 0.2) is 18.2 Å². The van der Waals surface area contributed by atoms with Crippen LogP contribution in [-0.4, -0.2) is 26.2 Å². The minimum absolute atomic E-state index is 0. The third-order valence-corrected chi connectivity index (χ3v) is 3.18. The number of carbonyl (C=O) groups excluding carboxylic acids is 1. The zero-order chi connectivity index (χ0) is 12.5. The summed E-state index contributed by atoms with van der Waals surface area (Å²) in [4.78, 5) is 11.8. The molecule has 0 bridgehead atoms. The van der Waals surface area contributed by atoms with Gasteiger partial charge in [-0.3, -0.25) is 4.79 Å². The molecule has 0 saturated carbocycles. The van der Waals surface area contributed by atoms with E-state index in [0.29, 0.717) is 13.0 Å². The molecule has 1 atom stereocenters. The molecule has 1 saturated heterocycles. The number of hydrogen-bond donors (Lipinski definition) is 1. The van der Waals surface area contributed by atoms with Gasteiger partial charge in [-0.2, -0.15) is 0 Å². The summed E-state index contributed by atoms with van der Waals surface area (Å²) in [5.41, 5.74) is -1.05. The Hall–Kier alpha value is -1.20. The van der Waals surface area contributed by atoms with Crippen LogP contribution >= 0.6 is 12.4 Å². The summed E-state index contributed by atoms with van der Waals surface area (Å²) in [5.74, 6) is -1.68. The van der Waals surface area contributed by atoms with Gasteiger partial charge in [0.1, 0.15) is 17.0 Å². The van der Waals surface area contributed by atoms with E-state index in [2.05, 4.69) is 5.32 Å². The fraction of sp³-hybridized carbons (Fsp3) is 0.417. The van der Waals surface area contributed by atoms with Crippen molar-refractivity contribution in [2.24, 2.45) is 0 Å². The van der Waals surface area contributed by atoms with Gasteiger partial charge >= 0.3 is 5.97 Å². The summed E-state index contributed by atoms with van der Waals surface area (Å²) in [6, 6.07) is 3.14. The summed E-state index contributed by atoms with van der Waals surface area (Å²) < 4.78 is 31.7. The van der Waals surface area contributed by atoms with Gasteiger partial charge in [-0.1, -0.05) is 0 Å². The fourth-order valence-corrected chi connectivity index (χ4v) is 2.27. The number of halogens is 3. The van der Waals surface area contributed by atoms with E-state index in [4.69, 9.17) is 4.74 Å². The largest absolute Gasteiger partial charge is 0.468 e. The fourth-order valence-electron chi connectivity index (χ4n) is 2.27. The third kappa shape index (κ3) is 2.33. The van der Waals surface area contributed by atoms with Crippen LogP contribution in [-0.2, 0) is 14.9 Å². The molecule has 18 heavy (non-hydrogen) atoms. The van der Waals surface area contributed by atoms with E-state index in [1.54, 1.807) is 0 Å². The van der Waals surface area contributed by atoms with Gasteiger partial charge in [0.25, 0.3) is 0 Å². The maximum Gasteiger partial charge on any atom is 0.317 e. The lowest BCUT2D eigenvalue weighted by molar-refractivity contribution is -0.147. The highest BCUT2D eigenvalue weighted by atomic mass is 35.5. The van der Waals surface area contributed by atoms with Crippen LogP contribution in [0, 0.1) is 11.6 Å². The molecule has 1 fully saturated rings. The van der Waals surface area contributed by atoms with Gasteiger partial charge in [0.15, 0.2) is 0 Å². The molecule has 1 aliphatic rings. The first kappa shape index (κ1) is 14.9. The second-order valence-electron chi connectivity index (χ2n) is 4.12. The molecule has 0 radical (unpaired) electrons. The molecule has 1 N–H and O–H groups in total. The highest BCUT2D eigenvalue weighted by Crippen LogP contribution is 2.34. The van der Waals surface area contributed by atoms with Crippen molar-refractivity contribution in [2.45, 2.75) is 11.8 Å². The van der Waals surface area contributed by atoms with Crippen LogP contribution in [0.1, 0.15) is 12.0 Å². The van der Waals surface area contributed by atoms with Crippen molar-refractivity contribution in [2.75, 3.05) is 20.2 Å². The van der Waals surface area contributed by atoms with E-state index in [0.717, 1.165) is 18.2 Å². The van der Waals surface area contributed by atoms with Crippen molar-refractivity contribution in [3.05, 3.63) is 35.4 Å². The van der Waals surface area contributed by atoms with Crippen LogP contribution < -0.4 is 5.32 Å². The molecule has 1 aromatic rings. The summed E-state index contributed by atoms with van der Waals surface area (Å²) in [6.45, 7) is 0.838. The predicted octanol–water partition coefficient (Wildman–Crippen LogP) is 1.79. The Labute approximate surface area is 110 Å². The smallest absolute Gasteiger partial charge is 0.317 e. The lowest BCUT2D eigenvalue weighted by atomic mass is 9.79. The quantitative estimate of drug-likeness (QED) is 0.838. The van der Waals surface area contributed by atoms with E-state index in [1.807, 2.05) is 0 Å². The summed E-state index contributed by atoms with van der Waals surface area (Å²) in [6.07, 6.45) is 0.403. The number of esters is 1. The lowest BCUT2D eigenvalue weighted by Gasteiger charge is -2.25. The Morgan fingerprint density at radius 2 is 2.17 bits per heavy atom. The molecule has 1 aromatic carbocycles. The molecule has 1 heterocycles. The molecule has 1 aliphatic heterocycles. The van der Waals surface area contributed by atoms with Crippen LogP contribution in [0.3, 0.4) is 0 Å². The molecular formula is C12H14ClF2NO2. The molecule has 0 amide bonds. The average Bonchev–Trinajstić information content (AvgIpc) is 2.81. The number of rotatable bonds is 2. The normalized spacial score (nSPS) is 22.4. The molecule has 100 valence electrons. The van der Waals surface area contributed by atoms with Crippen molar-refractivity contribution >= 4 is 18.4 Å². The average molecular weight is 278 g/mol. The number of ether oxygens (including phenoxy) is 1. The Morgan fingerprint density at radius 1 is 1.44 bits per heavy atom. The topological polar surface area (TPSA) is 38.3 Å².